The molecule has 0 bridgehead atoms. The molecule has 1 aromatic rings. The number of hydrogen-bond donors (Lipinski definition) is 1. The summed E-state index contributed by atoms with van der Waals surface area (Å²) < 4.78 is 2.92. The molecular weight excluding hydrogens is 364 g/mol. The molecule has 28 heavy (non-hydrogen) atoms. The highest BCUT2D eigenvalue weighted by atomic mass is 16.2. The van der Waals surface area contributed by atoms with Crippen molar-refractivity contribution >= 4 is 17.7 Å². The van der Waals surface area contributed by atoms with Crippen molar-refractivity contribution in [2.75, 3.05) is 26.2 Å². The van der Waals surface area contributed by atoms with E-state index in [4.69, 9.17) is 0 Å². The molecule has 0 unspecified atom stereocenters. The van der Waals surface area contributed by atoms with Crippen molar-refractivity contribution in [1.82, 2.24) is 29.5 Å². The van der Waals surface area contributed by atoms with Crippen LogP contribution >= 0.6 is 0 Å². The van der Waals surface area contributed by atoms with Crippen LogP contribution in [-0.4, -0.2) is 74.1 Å². The zero-order valence-corrected chi connectivity index (χ0v) is 16.5. The van der Waals surface area contributed by atoms with Gasteiger partial charge in [0.15, 0.2) is 0 Å². The van der Waals surface area contributed by atoms with Crippen molar-refractivity contribution in [2.24, 2.45) is 0 Å². The predicted molar refractivity (Wildman–Crippen MR) is 100 cm³/mol. The molecule has 10 nitrogen and oxygen atoms in total. The first-order valence-corrected chi connectivity index (χ1v) is 9.91. The lowest BCUT2D eigenvalue weighted by molar-refractivity contribution is -0.148. The summed E-state index contributed by atoms with van der Waals surface area (Å²) in [6, 6.07) is -0.109. The van der Waals surface area contributed by atoms with Gasteiger partial charge in [0, 0.05) is 45.2 Å². The van der Waals surface area contributed by atoms with Gasteiger partial charge in [0.25, 0.3) is 0 Å². The first-order chi connectivity index (χ1) is 13.4. The fourth-order valence-corrected chi connectivity index (χ4v) is 3.58. The lowest BCUT2D eigenvalue weighted by Gasteiger charge is -2.34. The number of amides is 3. The maximum atomic E-state index is 12.6. The van der Waals surface area contributed by atoms with Gasteiger partial charge in [0.2, 0.25) is 5.91 Å². The Morgan fingerprint density at radius 1 is 1.00 bits per heavy atom. The molecule has 0 spiro atoms. The van der Waals surface area contributed by atoms with Gasteiger partial charge in [-0.15, -0.1) is 0 Å². The number of aromatic nitrogens is 3. The standard InChI is InChI=1S/C18H28N6O4/c1-13(2)19-16(26)17(27)22-10-8-21(9-11-22)15(25)12-24-18(28)23-7-5-3-4-6-14(23)20-24/h13H,3-12H2,1-2H3,(H,19,26). The molecule has 1 aromatic heterocycles. The first-order valence-electron chi connectivity index (χ1n) is 9.91. The Morgan fingerprint density at radius 2 is 1.68 bits per heavy atom. The summed E-state index contributed by atoms with van der Waals surface area (Å²) in [6.45, 7) is 5.40. The molecule has 3 rings (SSSR count). The summed E-state index contributed by atoms with van der Waals surface area (Å²) in [6.07, 6.45) is 3.80. The first kappa shape index (κ1) is 20.1. The molecule has 1 N–H and O–H groups in total. The largest absolute Gasteiger partial charge is 0.346 e. The zero-order valence-electron chi connectivity index (χ0n) is 16.5. The molecule has 0 radical (unpaired) electrons. The number of carbonyl (C=O) groups excluding carboxylic acids is 3. The van der Waals surface area contributed by atoms with E-state index in [2.05, 4.69) is 10.4 Å². The minimum Gasteiger partial charge on any atom is -0.346 e. The molecule has 1 fully saturated rings. The minimum absolute atomic E-state index is 0.0966. The third-order valence-electron chi connectivity index (χ3n) is 5.10. The van der Waals surface area contributed by atoms with Crippen LogP contribution in [0.25, 0.3) is 0 Å². The SMILES string of the molecule is CC(C)NC(=O)C(=O)N1CCN(C(=O)Cn2nc3n(c2=O)CCCCC3)CC1. The van der Waals surface area contributed by atoms with Gasteiger partial charge in [-0.3, -0.25) is 19.0 Å². The van der Waals surface area contributed by atoms with Crippen molar-refractivity contribution in [2.45, 2.75) is 58.7 Å². The topological polar surface area (TPSA) is 110 Å². The van der Waals surface area contributed by atoms with Crippen LogP contribution in [-0.2, 0) is 33.9 Å². The average molecular weight is 392 g/mol. The van der Waals surface area contributed by atoms with E-state index < -0.39 is 11.8 Å². The molecule has 10 heteroatoms. The zero-order chi connectivity index (χ0) is 20.3. The summed E-state index contributed by atoms with van der Waals surface area (Å²) in [5.41, 5.74) is -0.232. The second-order valence-electron chi connectivity index (χ2n) is 7.62. The van der Waals surface area contributed by atoms with Crippen LogP contribution in [0.3, 0.4) is 0 Å². The number of piperazine rings is 1. The van der Waals surface area contributed by atoms with Gasteiger partial charge in [0.05, 0.1) is 0 Å². The Morgan fingerprint density at radius 3 is 2.36 bits per heavy atom. The monoisotopic (exact) mass is 392 g/mol. The molecule has 0 aromatic carbocycles. The second-order valence-corrected chi connectivity index (χ2v) is 7.62. The van der Waals surface area contributed by atoms with Gasteiger partial charge in [-0.25, -0.2) is 9.48 Å². The summed E-state index contributed by atoms with van der Waals surface area (Å²) >= 11 is 0. The maximum absolute atomic E-state index is 12.6. The highest BCUT2D eigenvalue weighted by Crippen LogP contribution is 2.10. The Labute approximate surface area is 163 Å². The third-order valence-corrected chi connectivity index (χ3v) is 5.10. The van der Waals surface area contributed by atoms with Gasteiger partial charge < -0.3 is 15.1 Å². The van der Waals surface area contributed by atoms with E-state index in [1.807, 2.05) is 0 Å². The van der Waals surface area contributed by atoms with Gasteiger partial charge in [-0.1, -0.05) is 6.42 Å². The number of hydrogen-bond acceptors (Lipinski definition) is 5. The second kappa shape index (κ2) is 8.57. The minimum atomic E-state index is -0.624. The van der Waals surface area contributed by atoms with Crippen LogP contribution in [0.2, 0.25) is 0 Å². The van der Waals surface area contributed by atoms with E-state index in [-0.39, 0.29) is 24.2 Å². The third kappa shape index (κ3) is 4.42. The van der Waals surface area contributed by atoms with Gasteiger partial charge in [-0.2, -0.15) is 5.10 Å². The lowest BCUT2D eigenvalue weighted by atomic mass is 10.2. The van der Waals surface area contributed by atoms with Crippen LogP contribution < -0.4 is 11.0 Å². The van der Waals surface area contributed by atoms with E-state index in [1.54, 1.807) is 23.3 Å². The van der Waals surface area contributed by atoms with E-state index in [0.717, 1.165) is 31.5 Å². The van der Waals surface area contributed by atoms with Gasteiger partial charge in [-0.05, 0) is 26.7 Å². The quantitative estimate of drug-likeness (QED) is 0.662. The predicted octanol–water partition coefficient (Wildman–Crippen LogP) is -1.03. The number of nitrogens with zero attached hydrogens (tertiary/aromatic N) is 5. The Hall–Kier alpha value is -2.65. The van der Waals surface area contributed by atoms with E-state index >= 15 is 0 Å². The van der Waals surface area contributed by atoms with Crippen LogP contribution in [0.5, 0.6) is 0 Å². The van der Waals surface area contributed by atoms with Crippen molar-refractivity contribution in [3.8, 4) is 0 Å². The number of carbonyl (C=O) groups is 3. The van der Waals surface area contributed by atoms with Crippen LogP contribution in [0.4, 0.5) is 0 Å². The Balaban J connectivity index is 1.55. The average Bonchev–Trinajstić information content (AvgIpc) is 2.83. The Kier molecular flexibility index (Phi) is 6.15. The molecule has 2 aliphatic rings. The maximum Gasteiger partial charge on any atom is 0.346 e. The van der Waals surface area contributed by atoms with Crippen molar-refractivity contribution < 1.29 is 14.4 Å². The van der Waals surface area contributed by atoms with E-state index in [0.29, 0.717) is 32.7 Å². The number of fused-ring (bicyclic) bond motifs is 1. The molecule has 3 amide bonds. The summed E-state index contributed by atoms with van der Waals surface area (Å²) in [5.74, 6) is -0.647. The molecule has 1 saturated heterocycles. The molecular formula is C18H28N6O4. The molecule has 154 valence electrons. The number of rotatable bonds is 3. The Bertz CT molecular complexity index is 803. The van der Waals surface area contributed by atoms with Crippen LogP contribution in [0, 0.1) is 0 Å². The summed E-state index contributed by atoms with van der Waals surface area (Å²) in [4.78, 5) is 52.1. The van der Waals surface area contributed by atoms with Crippen LogP contribution in [0.15, 0.2) is 4.79 Å². The highest BCUT2D eigenvalue weighted by molar-refractivity contribution is 6.35. The van der Waals surface area contributed by atoms with Gasteiger partial charge in [0.1, 0.15) is 12.4 Å². The van der Waals surface area contributed by atoms with Crippen molar-refractivity contribution in [3.05, 3.63) is 16.3 Å². The van der Waals surface area contributed by atoms with Crippen molar-refractivity contribution in [3.63, 3.8) is 0 Å². The van der Waals surface area contributed by atoms with E-state index in [1.165, 1.54) is 9.58 Å². The van der Waals surface area contributed by atoms with Gasteiger partial charge >= 0.3 is 17.5 Å². The number of aryl methyl sites for hydroxylation is 1. The molecule has 0 saturated carbocycles. The lowest BCUT2D eigenvalue weighted by Crippen LogP contribution is -2.55. The highest BCUT2D eigenvalue weighted by Gasteiger charge is 2.28. The molecule has 2 aliphatic heterocycles. The fourth-order valence-electron chi connectivity index (χ4n) is 3.58. The number of nitrogens with one attached hydrogen (secondary N) is 1. The van der Waals surface area contributed by atoms with Crippen LogP contribution in [0.1, 0.15) is 38.9 Å². The normalized spacial score (nSPS) is 17.2. The summed E-state index contributed by atoms with van der Waals surface area (Å²) in [7, 11) is 0. The molecule has 0 atom stereocenters. The van der Waals surface area contributed by atoms with E-state index in [9.17, 15) is 19.2 Å². The molecule has 3 heterocycles. The fraction of sp³-hybridized carbons (Fsp3) is 0.722. The molecule has 0 aliphatic carbocycles. The summed E-state index contributed by atoms with van der Waals surface area (Å²) in [5, 5.41) is 6.92. The smallest absolute Gasteiger partial charge is 0.346 e. The van der Waals surface area contributed by atoms with Crippen molar-refractivity contribution in [1.29, 1.82) is 0 Å².